The van der Waals surface area contributed by atoms with Gasteiger partial charge < -0.3 is 9.11 Å². The molecule has 7 nitrogen and oxygen atoms in total. The highest BCUT2D eigenvalue weighted by Gasteiger charge is 2.37. The number of halogens is 6. The van der Waals surface area contributed by atoms with Crippen molar-refractivity contribution >= 4 is 47.8 Å². The Morgan fingerprint density at radius 2 is 0.763 bits per heavy atom. The lowest BCUT2D eigenvalue weighted by atomic mass is 10.4. The number of rotatable bonds is 16. The van der Waals surface area contributed by atoms with E-state index in [4.69, 9.17) is 25.9 Å². The fourth-order valence-corrected chi connectivity index (χ4v) is 7.40. The Labute approximate surface area is 229 Å². The number of hydrogen-bond donors (Lipinski definition) is 0. The van der Waals surface area contributed by atoms with Crippen LogP contribution in [-0.4, -0.2) is 77.3 Å². The summed E-state index contributed by atoms with van der Waals surface area (Å²) in [5.41, 5.74) is -11.3. The summed E-state index contributed by atoms with van der Waals surface area (Å²) in [6, 6.07) is 0. The number of hydrogen-bond acceptors (Lipinski definition) is 7. The van der Waals surface area contributed by atoms with Crippen LogP contribution >= 0.6 is 0 Å². The predicted octanol–water partition coefficient (Wildman–Crippen LogP) is 5.10. The fraction of sp³-hybridized carbons (Fsp3) is 0.952. The van der Waals surface area contributed by atoms with E-state index < -0.39 is 31.3 Å². The largest absolute Gasteiger partial charge is 0.741 e. The van der Waals surface area contributed by atoms with Crippen LogP contribution in [0.4, 0.5) is 26.3 Å². The molecule has 0 N–H and O–H groups in total. The summed E-state index contributed by atoms with van der Waals surface area (Å²) >= 11 is 0. The Hall–Kier alpha value is -0.230. The molecule has 0 atom stereocenters. The van der Waals surface area contributed by atoms with Gasteiger partial charge in [-0.2, -0.15) is 26.3 Å². The van der Waals surface area contributed by atoms with Gasteiger partial charge in [-0.1, -0.05) is 53.4 Å². The molecule has 0 radical (unpaired) electrons. The van der Waals surface area contributed by atoms with Crippen molar-refractivity contribution in [3.8, 4) is 0 Å². The molecular weight excluding hydrogens is 606 g/mol. The summed E-state index contributed by atoms with van der Waals surface area (Å²) in [6.45, 7) is 9.04. The zero-order valence-electron chi connectivity index (χ0n) is 22.2. The lowest BCUT2D eigenvalue weighted by Crippen LogP contribution is -2.30. The van der Waals surface area contributed by atoms with E-state index in [0.717, 1.165) is 11.5 Å². The number of carbonyl (C=O) groups is 1. The van der Waals surface area contributed by atoms with E-state index in [-0.39, 0.29) is 0 Å². The van der Waals surface area contributed by atoms with Crippen LogP contribution in [0.2, 0.25) is 0 Å². The maximum atomic E-state index is 12.5. The molecule has 0 fully saturated rings. The maximum Gasteiger partial charge on any atom is 0.485 e. The van der Waals surface area contributed by atoms with Gasteiger partial charge in [0.2, 0.25) is 5.78 Å². The number of carbonyl (C=O) groups excluding carboxylic acids is 1. The van der Waals surface area contributed by atoms with E-state index in [1.807, 2.05) is 0 Å². The van der Waals surface area contributed by atoms with Crippen molar-refractivity contribution in [1.82, 2.24) is 0 Å². The van der Waals surface area contributed by atoms with Gasteiger partial charge in [0.1, 0.15) is 23.0 Å². The summed E-state index contributed by atoms with van der Waals surface area (Å²) in [6.07, 6.45) is 10.3. The molecule has 0 aliphatic rings. The summed E-state index contributed by atoms with van der Waals surface area (Å²) in [7, 11) is -11.4. The van der Waals surface area contributed by atoms with Crippen LogP contribution < -0.4 is 0 Å². The lowest BCUT2D eigenvalue weighted by Gasteiger charge is -2.10. The Kier molecular flexibility index (Phi) is 23.9. The van der Waals surface area contributed by atoms with Gasteiger partial charge in [0.15, 0.2) is 31.7 Å². The zero-order valence-corrected chi connectivity index (χ0v) is 25.4. The van der Waals surface area contributed by atoms with Crippen LogP contribution in [0.3, 0.4) is 0 Å². The van der Waals surface area contributed by atoms with E-state index in [0.29, 0.717) is 27.6 Å². The normalized spacial score (nSPS) is 12.6. The molecule has 0 saturated heterocycles. The second kappa shape index (κ2) is 21.5. The van der Waals surface area contributed by atoms with E-state index in [1.54, 1.807) is 0 Å². The van der Waals surface area contributed by atoms with Crippen LogP contribution in [0.15, 0.2) is 0 Å². The van der Waals surface area contributed by atoms with Crippen LogP contribution in [0, 0.1) is 0 Å². The molecule has 0 spiro atoms. The summed E-state index contributed by atoms with van der Waals surface area (Å²) in [5, 5.41) is 0. The minimum Gasteiger partial charge on any atom is -0.741 e. The molecule has 0 saturated carbocycles. The highest BCUT2D eigenvalue weighted by Crippen LogP contribution is 2.21. The predicted molar refractivity (Wildman–Crippen MR) is 140 cm³/mol. The van der Waals surface area contributed by atoms with Crippen molar-refractivity contribution in [1.29, 1.82) is 0 Å². The quantitative estimate of drug-likeness (QED) is 0.0987. The summed E-state index contributed by atoms with van der Waals surface area (Å²) < 4.78 is 118. The number of alkyl halides is 6. The van der Waals surface area contributed by atoms with Crippen molar-refractivity contribution in [2.45, 2.75) is 90.1 Å². The van der Waals surface area contributed by atoms with Crippen molar-refractivity contribution < 1.29 is 57.1 Å². The highest BCUT2D eigenvalue weighted by atomic mass is 32.2. The first-order valence-corrected chi connectivity index (χ1v) is 18.3. The zero-order chi connectivity index (χ0) is 30.6. The SMILES string of the molecule is CCCC[S+](CCCC)CC(=O)C[S+](CCCC)CCCC.O=S(=O)([O-])C(F)(F)F.O=S(=O)([O-])C(F)(F)F. The van der Waals surface area contributed by atoms with Gasteiger partial charge in [0.05, 0.1) is 0 Å². The van der Waals surface area contributed by atoms with E-state index in [1.165, 1.54) is 74.4 Å². The summed E-state index contributed by atoms with van der Waals surface area (Å²) in [5.74, 6) is 7.52. The third-order valence-electron chi connectivity index (χ3n) is 4.44. The highest BCUT2D eigenvalue weighted by molar-refractivity contribution is 7.99. The lowest BCUT2D eigenvalue weighted by molar-refractivity contribution is -0.114. The van der Waals surface area contributed by atoms with Crippen molar-refractivity contribution in [2.24, 2.45) is 0 Å². The van der Waals surface area contributed by atoms with Gasteiger partial charge in [-0.05, 0) is 47.5 Å². The Morgan fingerprint density at radius 1 is 0.579 bits per heavy atom. The number of Topliss-reactive ketones (excluding diaryl/α,β-unsaturated/α-hetero) is 1. The van der Waals surface area contributed by atoms with Gasteiger partial charge in [0.25, 0.3) is 0 Å². The van der Waals surface area contributed by atoms with Gasteiger partial charge in [0, 0.05) is 0 Å². The molecule has 0 bridgehead atoms. The first kappa shape index (κ1) is 42.2. The molecule has 232 valence electrons. The van der Waals surface area contributed by atoms with Crippen molar-refractivity contribution in [2.75, 3.05) is 34.5 Å². The topological polar surface area (TPSA) is 131 Å². The fourth-order valence-electron chi connectivity index (χ4n) is 2.38. The van der Waals surface area contributed by atoms with E-state index in [2.05, 4.69) is 27.7 Å². The molecule has 0 aliphatic heterocycles. The summed E-state index contributed by atoms with van der Waals surface area (Å²) in [4.78, 5) is 12.5. The van der Waals surface area contributed by atoms with Crippen LogP contribution in [0.1, 0.15) is 79.1 Å². The standard InChI is InChI=1S/C19H40OS2.2CHF3O3S/c1-5-9-13-21(14-10-6-2)17-19(20)18-22(15-11-7-3)16-12-8-4;2*2-1(3,4)8(5,6)7/h5-18H2,1-4H3;2*(H,5,6,7)/q+2;;/p-2. The van der Waals surface area contributed by atoms with Crippen LogP contribution in [0.25, 0.3) is 0 Å². The molecule has 0 aromatic carbocycles. The maximum absolute atomic E-state index is 12.5. The molecular formula is C21H40F6O7S4. The minimum absolute atomic E-state index is 0.373. The third kappa shape index (κ3) is 24.8. The smallest absolute Gasteiger partial charge is 0.485 e. The van der Waals surface area contributed by atoms with E-state index >= 15 is 0 Å². The molecule has 0 amide bonds. The molecule has 38 heavy (non-hydrogen) atoms. The van der Waals surface area contributed by atoms with Crippen LogP contribution in [-0.2, 0) is 46.8 Å². The first-order chi connectivity index (χ1) is 17.2. The monoisotopic (exact) mass is 646 g/mol. The first-order valence-electron chi connectivity index (χ1n) is 12.0. The molecule has 0 unspecified atom stereocenters. The number of ketones is 1. The van der Waals surface area contributed by atoms with Gasteiger partial charge in [-0.25, -0.2) is 16.8 Å². The molecule has 0 rings (SSSR count). The van der Waals surface area contributed by atoms with Crippen LogP contribution in [0.5, 0.6) is 0 Å². The molecule has 0 aromatic heterocycles. The molecule has 0 heterocycles. The average molecular weight is 647 g/mol. The van der Waals surface area contributed by atoms with E-state index in [9.17, 15) is 31.1 Å². The molecule has 0 aromatic rings. The molecule has 0 aliphatic carbocycles. The average Bonchev–Trinajstić information content (AvgIpc) is 2.75. The van der Waals surface area contributed by atoms with Crippen molar-refractivity contribution in [3.63, 3.8) is 0 Å². The third-order valence-corrected chi connectivity index (χ3v) is 10.5. The number of unbranched alkanes of at least 4 members (excludes halogenated alkanes) is 4. The van der Waals surface area contributed by atoms with Crippen molar-refractivity contribution in [3.05, 3.63) is 0 Å². The van der Waals surface area contributed by atoms with Gasteiger partial charge in [-0.3, -0.25) is 4.79 Å². The second-order valence-corrected chi connectivity index (χ2v) is 15.5. The molecule has 17 heteroatoms. The second-order valence-electron chi connectivity index (χ2n) is 8.08. The Bertz CT molecular complexity index is 735. The Balaban J connectivity index is -0.000000623. The Morgan fingerprint density at radius 3 is 0.895 bits per heavy atom. The van der Waals surface area contributed by atoms with Gasteiger partial charge >= 0.3 is 11.0 Å². The van der Waals surface area contributed by atoms with Gasteiger partial charge in [-0.15, -0.1) is 0 Å². The minimum atomic E-state index is -6.09.